The Morgan fingerprint density at radius 3 is 2.37 bits per heavy atom. The average Bonchev–Trinajstić information content (AvgIpc) is 2.92. The van der Waals surface area contributed by atoms with E-state index in [1.807, 2.05) is 24.6 Å². The summed E-state index contributed by atoms with van der Waals surface area (Å²) >= 11 is 0. The number of rotatable bonds is 4. The number of benzene rings is 1. The highest BCUT2D eigenvalue weighted by Crippen LogP contribution is 2.32. The van der Waals surface area contributed by atoms with Crippen LogP contribution in [0.25, 0.3) is 0 Å². The quantitative estimate of drug-likeness (QED) is 0.786. The van der Waals surface area contributed by atoms with Crippen molar-refractivity contribution in [3.05, 3.63) is 47.3 Å². The fourth-order valence-electron chi connectivity index (χ4n) is 3.42. The number of sulfonamides is 1. The van der Waals surface area contributed by atoms with Gasteiger partial charge in [-0.25, -0.2) is 8.42 Å². The molecular weight excluding hydrogens is 379 g/mol. The molecule has 1 fully saturated rings. The van der Waals surface area contributed by atoms with Crippen LogP contribution < -0.4 is 0 Å². The van der Waals surface area contributed by atoms with Gasteiger partial charge in [-0.15, -0.1) is 0 Å². The zero-order valence-electron chi connectivity index (χ0n) is 15.2. The largest absolute Gasteiger partial charge is 0.416 e. The molecule has 0 saturated carbocycles. The Balaban J connectivity index is 1.69. The molecular formula is C18H22F3N3O2S. The van der Waals surface area contributed by atoms with Gasteiger partial charge >= 0.3 is 6.18 Å². The Hall–Kier alpha value is -1.87. The number of aromatic nitrogens is 2. The molecule has 9 heteroatoms. The lowest BCUT2D eigenvalue weighted by Gasteiger charge is -2.31. The predicted molar refractivity (Wildman–Crippen MR) is 94.6 cm³/mol. The Labute approximate surface area is 156 Å². The number of hydrogen-bond acceptors (Lipinski definition) is 3. The Morgan fingerprint density at radius 2 is 1.81 bits per heavy atom. The van der Waals surface area contributed by atoms with Gasteiger partial charge in [0.15, 0.2) is 0 Å². The Morgan fingerprint density at radius 1 is 1.15 bits per heavy atom. The minimum atomic E-state index is -4.57. The van der Waals surface area contributed by atoms with Crippen LogP contribution in [0.15, 0.2) is 35.2 Å². The molecule has 2 aromatic rings. The molecule has 1 aliphatic heterocycles. The Bertz CT molecular complexity index is 914. The van der Waals surface area contributed by atoms with Crippen molar-refractivity contribution in [1.82, 2.24) is 14.1 Å². The second-order valence-corrected chi connectivity index (χ2v) is 8.92. The fraction of sp³-hybridized carbons (Fsp3) is 0.500. The third-order valence-corrected chi connectivity index (χ3v) is 6.80. The van der Waals surface area contributed by atoms with Crippen LogP contribution >= 0.6 is 0 Å². The van der Waals surface area contributed by atoms with Gasteiger partial charge in [0.1, 0.15) is 0 Å². The monoisotopic (exact) mass is 401 g/mol. The lowest BCUT2D eigenvalue weighted by molar-refractivity contribution is -0.137. The van der Waals surface area contributed by atoms with Gasteiger partial charge in [0, 0.05) is 25.3 Å². The summed E-state index contributed by atoms with van der Waals surface area (Å²) in [6.07, 6.45) is -3.27. The molecule has 0 unspecified atom stereocenters. The van der Waals surface area contributed by atoms with Crippen LogP contribution in [0.2, 0.25) is 0 Å². The van der Waals surface area contributed by atoms with Gasteiger partial charge in [-0.05, 0) is 56.9 Å². The number of piperidine rings is 1. The van der Waals surface area contributed by atoms with Crippen molar-refractivity contribution >= 4 is 10.0 Å². The van der Waals surface area contributed by atoms with E-state index in [9.17, 15) is 21.6 Å². The third-order valence-electron chi connectivity index (χ3n) is 4.91. The maximum atomic E-state index is 12.9. The highest BCUT2D eigenvalue weighted by Gasteiger charge is 2.34. The van der Waals surface area contributed by atoms with E-state index >= 15 is 0 Å². The molecule has 1 saturated heterocycles. The van der Waals surface area contributed by atoms with Crippen LogP contribution in [0.3, 0.4) is 0 Å². The predicted octanol–water partition coefficient (Wildman–Crippen LogP) is 3.62. The van der Waals surface area contributed by atoms with Crippen molar-refractivity contribution in [2.75, 3.05) is 13.1 Å². The first kappa shape index (κ1) is 19.9. The minimum Gasteiger partial charge on any atom is -0.269 e. The number of halogens is 3. The summed E-state index contributed by atoms with van der Waals surface area (Å²) in [6.45, 7) is 5.21. The van der Waals surface area contributed by atoms with Crippen molar-refractivity contribution in [3.8, 4) is 0 Å². The van der Waals surface area contributed by atoms with Crippen molar-refractivity contribution in [2.24, 2.45) is 5.92 Å². The summed E-state index contributed by atoms with van der Waals surface area (Å²) in [4.78, 5) is -0.311. The molecule has 1 aromatic carbocycles. The van der Waals surface area contributed by atoms with E-state index in [4.69, 9.17) is 0 Å². The van der Waals surface area contributed by atoms with Crippen molar-refractivity contribution < 1.29 is 21.6 Å². The molecule has 0 aliphatic carbocycles. The molecule has 0 spiro atoms. The van der Waals surface area contributed by atoms with Crippen LogP contribution in [0.4, 0.5) is 13.2 Å². The maximum Gasteiger partial charge on any atom is 0.416 e. The molecule has 0 N–H and O–H groups in total. The van der Waals surface area contributed by atoms with Crippen LogP contribution in [0, 0.1) is 19.8 Å². The van der Waals surface area contributed by atoms with E-state index in [2.05, 4.69) is 5.10 Å². The summed E-state index contributed by atoms with van der Waals surface area (Å²) < 4.78 is 67.3. The third kappa shape index (κ3) is 4.35. The second kappa shape index (κ2) is 7.27. The summed E-state index contributed by atoms with van der Waals surface area (Å²) in [5.74, 6) is 0.288. The molecule has 5 nitrogen and oxygen atoms in total. The lowest BCUT2D eigenvalue weighted by Crippen LogP contribution is -2.39. The smallest absolute Gasteiger partial charge is 0.269 e. The molecule has 3 rings (SSSR count). The topological polar surface area (TPSA) is 55.2 Å². The number of nitrogens with zero attached hydrogens (tertiary/aromatic N) is 3. The Kier molecular flexibility index (Phi) is 5.36. The minimum absolute atomic E-state index is 0.288. The number of hydrogen-bond donors (Lipinski definition) is 0. The van der Waals surface area contributed by atoms with E-state index in [1.54, 1.807) is 0 Å². The number of alkyl halides is 3. The average molecular weight is 401 g/mol. The van der Waals surface area contributed by atoms with E-state index in [0.29, 0.717) is 32.0 Å². The first-order valence-electron chi connectivity index (χ1n) is 8.76. The molecule has 148 valence electrons. The maximum absolute atomic E-state index is 12.9. The van der Waals surface area contributed by atoms with E-state index in [0.717, 1.165) is 30.1 Å². The van der Waals surface area contributed by atoms with Gasteiger partial charge < -0.3 is 0 Å². The summed E-state index contributed by atoms with van der Waals surface area (Å²) in [7, 11) is -3.93. The van der Waals surface area contributed by atoms with Crippen molar-refractivity contribution in [1.29, 1.82) is 0 Å². The van der Waals surface area contributed by atoms with E-state index in [-0.39, 0.29) is 10.8 Å². The van der Waals surface area contributed by atoms with Gasteiger partial charge in [0.05, 0.1) is 16.2 Å². The zero-order chi connectivity index (χ0) is 19.8. The highest BCUT2D eigenvalue weighted by molar-refractivity contribution is 7.89. The van der Waals surface area contributed by atoms with Gasteiger partial charge in [-0.3, -0.25) is 4.68 Å². The molecule has 27 heavy (non-hydrogen) atoms. The van der Waals surface area contributed by atoms with Gasteiger partial charge in [-0.1, -0.05) is 6.07 Å². The lowest BCUT2D eigenvalue weighted by atomic mass is 9.98. The SMILES string of the molecule is Cc1cc(C)n(CC2CCN(S(=O)(=O)c3cccc(C(F)(F)F)c3)CC2)n1. The standard InChI is InChI=1S/C18H22F3N3O2S/c1-13-10-14(2)24(22-13)12-15-6-8-23(9-7-15)27(25,26)17-5-3-4-16(11-17)18(19,20)21/h3-5,10-11,15H,6-9,12H2,1-2H3. The van der Waals surface area contributed by atoms with Crippen LogP contribution in [0.1, 0.15) is 29.8 Å². The molecule has 1 aromatic heterocycles. The molecule has 2 heterocycles. The molecule has 0 amide bonds. The van der Waals surface area contributed by atoms with Gasteiger partial charge in [0.2, 0.25) is 10.0 Å². The summed E-state index contributed by atoms with van der Waals surface area (Å²) in [6, 6.07) is 5.92. The van der Waals surface area contributed by atoms with E-state index < -0.39 is 21.8 Å². The molecule has 0 radical (unpaired) electrons. The van der Waals surface area contributed by atoms with Crippen LogP contribution in [-0.2, 0) is 22.7 Å². The molecule has 1 aliphatic rings. The zero-order valence-corrected chi connectivity index (χ0v) is 16.0. The van der Waals surface area contributed by atoms with Crippen molar-refractivity contribution in [3.63, 3.8) is 0 Å². The van der Waals surface area contributed by atoms with Gasteiger partial charge in [0.25, 0.3) is 0 Å². The molecule has 0 bridgehead atoms. The highest BCUT2D eigenvalue weighted by atomic mass is 32.2. The van der Waals surface area contributed by atoms with Crippen LogP contribution in [0.5, 0.6) is 0 Å². The first-order chi connectivity index (χ1) is 12.6. The fourth-order valence-corrected chi connectivity index (χ4v) is 4.93. The van der Waals surface area contributed by atoms with Gasteiger partial charge in [-0.2, -0.15) is 22.6 Å². The first-order valence-corrected chi connectivity index (χ1v) is 10.2. The summed E-state index contributed by atoms with van der Waals surface area (Å²) in [5.41, 5.74) is 1.05. The number of aryl methyl sites for hydroxylation is 2. The van der Waals surface area contributed by atoms with Crippen LogP contribution in [-0.4, -0.2) is 35.6 Å². The van der Waals surface area contributed by atoms with Crippen molar-refractivity contribution in [2.45, 2.75) is 44.3 Å². The normalized spacial score (nSPS) is 17.4. The van der Waals surface area contributed by atoms with E-state index in [1.165, 1.54) is 10.4 Å². The molecule has 0 atom stereocenters. The second-order valence-electron chi connectivity index (χ2n) is 6.98. The summed E-state index contributed by atoms with van der Waals surface area (Å²) in [5, 5.41) is 4.43.